The van der Waals surface area contributed by atoms with Crippen LogP contribution in [0.2, 0.25) is 0 Å². The normalized spacial score (nSPS) is 10.7. The molecule has 0 bridgehead atoms. The van der Waals surface area contributed by atoms with E-state index < -0.39 is 0 Å². The van der Waals surface area contributed by atoms with Crippen LogP contribution in [0.25, 0.3) is 22.2 Å². The van der Waals surface area contributed by atoms with Gasteiger partial charge in [0.1, 0.15) is 5.52 Å². The molecule has 0 saturated carbocycles. The largest absolute Gasteiger partial charge is 0.327 e. The smallest absolute Gasteiger partial charge is 0.274 e. The standard InChI is InChI=1S/C14H9IN2O/c15-11-3-1-2-10(8-11)12-5-4-9-6-7-16-14(18)13(9)17-12/h1-8H,(H,16,18). The summed E-state index contributed by atoms with van der Waals surface area (Å²) in [4.78, 5) is 18.8. The Hall–Kier alpha value is -1.69. The Morgan fingerprint density at radius 1 is 1.11 bits per heavy atom. The molecular weight excluding hydrogens is 339 g/mol. The van der Waals surface area contributed by atoms with Crippen LogP contribution in [-0.4, -0.2) is 9.97 Å². The number of nitrogens with one attached hydrogen (secondary N) is 1. The van der Waals surface area contributed by atoms with Crippen LogP contribution in [-0.2, 0) is 0 Å². The Bertz CT molecular complexity index is 780. The number of rotatable bonds is 1. The second kappa shape index (κ2) is 4.53. The molecule has 0 saturated heterocycles. The third-order valence-corrected chi connectivity index (χ3v) is 3.41. The molecule has 0 aliphatic rings. The highest BCUT2D eigenvalue weighted by Gasteiger charge is 2.04. The third-order valence-electron chi connectivity index (χ3n) is 2.74. The van der Waals surface area contributed by atoms with E-state index in [2.05, 4.69) is 32.6 Å². The molecule has 1 N–H and O–H groups in total. The summed E-state index contributed by atoms with van der Waals surface area (Å²) < 4.78 is 1.15. The molecule has 0 unspecified atom stereocenters. The molecule has 2 heterocycles. The van der Waals surface area contributed by atoms with Crippen LogP contribution < -0.4 is 5.56 Å². The molecule has 3 nitrogen and oxygen atoms in total. The quantitative estimate of drug-likeness (QED) is 0.687. The number of hydrogen-bond donors (Lipinski definition) is 1. The van der Waals surface area contributed by atoms with E-state index in [4.69, 9.17) is 0 Å². The number of fused-ring (bicyclic) bond motifs is 1. The van der Waals surface area contributed by atoms with E-state index in [1.165, 1.54) is 0 Å². The van der Waals surface area contributed by atoms with Gasteiger partial charge in [0.25, 0.3) is 5.56 Å². The van der Waals surface area contributed by atoms with Crippen molar-refractivity contribution in [3.63, 3.8) is 0 Å². The minimum atomic E-state index is -0.153. The predicted molar refractivity (Wildman–Crippen MR) is 80.5 cm³/mol. The van der Waals surface area contributed by atoms with Gasteiger partial charge in [0.05, 0.1) is 5.69 Å². The summed E-state index contributed by atoms with van der Waals surface area (Å²) in [6, 6.07) is 13.8. The van der Waals surface area contributed by atoms with E-state index in [1.807, 2.05) is 42.5 Å². The van der Waals surface area contributed by atoms with Gasteiger partial charge in [-0.1, -0.05) is 18.2 Å². The maximum atomic E-state index is 11.7. The molecule has 0 aliphatic carbocycles. The Labute approximate surface area is 117 Å². The molecule has 0 spiro atoms. The van der Waals surface area contributed by atoms with Crippen molar-refractivity contribution in [1.29, 1.82) is 0 Å². The Morgan fingerprint density at radius 3 is 2.83 bits per heavy atom. The molecule has 2 aromatic heterocycles. The zero-order valence-electron chi connectivity index (χ0n) is 9.35. The lowest BCUT2D eigenvalue weighted by Gasteiger charge is -2.03. The molecule has 0 amide bonds. The van der Waals surface area contributed by atoms with Crippen molar-refractivity contribution in [2.75, 3.05) is 0 Å². The molecule has 3 aromatic rings. The summed E-state index contributed by atoms with van der Waals surface area (Å²) in [6.45, 7) is 0. The number of nitrogens with zero attached hydrogens (tertiary/aromatic N) is 1. The van der Waals surface area contributed by atoms with E-state index in [9.17, 15) is 4.79 Å². The van der Waals surface area contributed by atoms with Gasteiger partial charge in [-0.25, -0.2) is 4.98 Å². The van der Waals surface area contributed by atoms with Crippen LogP contribution in [0.4, 0.5) is 0 Å². The fourth-order valence-corrected chi connectivity index (χ4v) is 2.41. The Morgan fingerprint density at radius 2 is 2.00 bits per heavy atom. The summed E-state index contributed by atoms with van der Waals surface area (Å²) in [7, 11) is 0. The van der Waals surface area contributed by atoms with E-state index >= 15 is 0 Å². The molecule has 4 heteroatoms. The topological polar surface area (TPSA) is 45.8 Å². The van der Waals surface area contributed by atoms with Crippen molar-refractivity contribution in [2.24, 2.45) is 0 Å². The lowest BCUT2D eigenvalue weighted by Crippen LogP contribution is -2.06. The average Bonchev–Trinajstić information content (AvgIpc) is 2.39. The van der Waals surface area contributed by atoms with Gasteiger partial charge in [0.2, 0.25) is 0 Å². The number of pyridine rings is 2. The number of aromatic amines is 1. The molecule has 0 radical (unpaired) electrons. The molecule has 18 heavy (non-hydrogen) atoms. The van der Waals surface area contributed by atoms with E-state index in [0.717, 1.165) is 20.2 Å². The molecule has 0 atom stereocenters. The van der Waals surface area contributed by atoms with Crippen molar-refractivity contribution >= 4 is 33.5 Å². The van der Waals surface area contributed by atoms with Crippen LogP contribution in [0.1, 0.15) is 0 Å². The van der Waals surface area contributed by atoms with Crippen molar-refractivity contribution in [3.8, 4) is 11.3 Å². The second-order valence-electron chi connectivity index (χ2n) is 3.95. The van der Waals surface area contributed by atoms with Crippen LogP contribution in [0.5, 0.6) is 0 Å². The van der Waals surface area contributed by atoms with Crippen LogP contribution >= 0.6 is 22.6 Å². The zero-order valence-corrected chi connectivity index (χ0v) is 11.5. The fourth-order valence-electron chi connectivity index (χ4n) is 1.87. The van der Waals surface area contributed by atoms with E-state index in [1.54, 1.807) is 6.20 Å². The fraction of sp³-hybridized carbons (Fsp3) is 0. The van der Waals surface area contributed by atoms with Crippen molar-refractivity contribution in [2.45, 2.75) is 0 Å². The summed E-state index contributed by atoms with van der Waals surface area (Å²) in [5.41, 5.74) is 2.17. The monoisotopic (exact) mass is 348 g/mol. The lowest BCUT2D eigenvalue weighted by molar-refractivity contribution is 1.24. The van der Waals surface area contributed by atoms with Gasteiger partial charge in [-0.15, -0.1) is 0 Å². The maximum absolute atomic E-state index is 11.7. The number of benzene rings is 1. The number of hydrogen-bond acceptors (Lipinski definition) is 2. The van der Waals surface area contributed by atoms with E-state index in [0.29, 0.717) is 5.52 Å². The first kappa shape index (κ1) is 11.4. The molecule has 0 fully saturated rings. The number of H-pyrrole nitrogens is 1. The second-order valence-corrected chi connectivity index (χ2v) is 5.20. The van der Waals surface area contributed by atoms with Gasteiger partial charge in [-0.05, 0) is 46.9 Å². The van der Waals surface area contributed by atoms with Crippen molar-refractivity contribution in [1.82, 2.24) is 9.97 Å². The zero-order chi connectivity index (χ0) is 12.5. The highest BCUT2D eigenvalue weighted by atomic mass is 127. The van der Waals surface area contributed by atoms with Gasteiger partial charge in [-0.3, -0.25) is 4.79 Å². The van der Waals surface area contributed by atoms with Gasteiger partial charge in [-0.2, -0.15) is 0 Å². The minimum absolute atomic E-state index is 0.153. The Balaban J connectivity index is 2.25. The Kier molecular flexibility index (Phi) is 2.87. The first-order valence-corrected chi connectivity index (χ1v) is 6.56. The molecule has 88 valence electrons. The molecule has 0 aliphatic heterocycles. The van der Waals surface area contributed by atoms with Crippen LogP contribution in [0.3, 0.4) is 0 Å². The summed E-state index contributed by atoms with van der Waals surface area (Å²) >= 11 is 2.26. The lowest BCUT2D eigenvalue weighted by atomic mass is 10.1. The molecule has 1 aromatic carbocycles. The predicted octanol–water partition coefficient (Wildman–Crippen LogP) is 3.19. The highest BCUT2D eigenvalue weighted by Crippen LogP contribution is 2.21. The maximum Gasteiger partial charge on any atom is 0.274 e. The summed E-state index contributed by atoms with van der Waals surface area (Å²) in [5, 5.41) is 0.855. The summed E-state index contributed by atoms with van der Waals surface area (Å²) in [6.07, 6.45) is 1.64. The van der Waals surface area contributed by atoms with Gasteiger partial charge in [0.15, 0.2) is 0 Å². The van der Waals surface area contributed by atoms with Crippen molar-refractivity contribution in [3.05, 3.63) is 62.6 Å². The van der Waals surface area contributed by atoms with Gasteiger partial charge in [0, 0.05) is 20.7 Å². The molecular formula is C14H9IN2O. The number of aromatic nitrogens is 2. The summed E-state index contributed by atoms with van der Waals surface area (Å²) in [5.74, 6) is 0. The SMILES string of the molecule is O=c1[nH]ccc2ccc(-c3cccc(I)c3)nc12. The number of halogens is 1. The first-order chi connectivity index (χ1) is 8.74. The van der Waals surface area contributed by atoms with Gasteiger partial charge < -0.3 is 4.98 Å². The van der Waals surface area contributed by atoms with E-state index in [-0.39, 0.29) is 5.56 Å². The third kappa shape index (κ3) is 2.03. The van der Waals surface area contributed by atoms with Gasteiger partial charge >= 0.3 is 0 Å². The highest BCUT2D eigenvalue weighted by molar-refractivity contribution is 14.1. The van der Waals surface area contributed by atoms with Crippen molar-refractivity contribution < 1.29 is 0 Å². The first-order valence-electron chi connectivity index (χ1n) is 5.48. The van der Waals surface area contributed by atoms with Crippen LogP contribution in [0, 0.1) is 3.57 Å². The molecule has 3 rings (SSSR count). The average molecular weight is 348 g/mol. The van der Waals surface area contributed by atoms with Crippen LogP contribution in [0.15, 0.2) is 53.5 Å². The minimum Gasteiger partial charge on any atom is -0.327 e.